The average Bonchev–Trinajstić information content (AvgIpc) is 2.85. The van der Waals surface area contributed by atoms with Gasteiger partial charge >= 0.3 is 0 Å². The molecule has 3 nitrogen and oxygen atoms in total. The maximum Gasteiger partial charge on any atom is 0.0998 e. The minimum atomic E-state index is 0.650. The highest BCUT2D eigenvalue weighted by Gasteiger charge is 2.07. The van der Waals surface area contributed by atoms with E-state index in [0.717, 1.165) is 16.5 Å². The van der Waals surface area contributed by atoms with Gasteiger partial charge in [0.15, 0.2) is 0 Å². The molecule has 0 saturated heterocycles. The molecule has 3 aromatic rings. The lowest BCUT2D eigenvalue weighted by atomic mass is 10.1. The predicted molar refractivity (Wildman–Crippen MR) is 81.6 cm³/mol. The third kappa shape index (κ3) is 2.11. The molecule has 0 unspecified atom stereocenters. The van der Waals surface area contributed by atoms with Gasteiger partial charge in [0.1, 0.15) is 0 Å². The molecule has 0 aliphatic rings. The van der Waals surface area contributed by atoms with E-state index in [1.165, 1.54) is 0 Å². The van der Waals surface area contributed by atoms with Crippen molar-refractivity contribution in [2.75, 3.05) is 5.73 Å². The van der Waals surface area contributed by atoms with E-state index in [-0.39, 0.29) is 0 Å². The first-order valence-corrected chi connectivity index (χ1v) is 6.58. The lowest BCUT2D eigenvalue weighted by molar-refractivity contribution is 0.837. The molecule has 0 atom stereocenters. The minimum Gasteiger partial charge on any atom is -0.399 e. The van der Waals surface area contributed by atoms with Crippen molar-refractivity contribution in [3.05, 3.63) is 64.8 Å². The number of nitrogens with zero attached hydrogens (tertiary/aromatic N) is 2. The summed E-state index contributed by atoms with van der Waals surface area (Å²) in [4.78, 5) is 0. The Morgan fingerprint density at radius 3 is 2.80 bits per heavy atom. The summed E-state index contributed by atoms with van der Waals surface area (Å²) < 4.78 is 2.08. The number of halogens is 1. The number of anilines is 1. The number of hydrogen-bond acceptors (Lipinski definition) is 2. The topological polar surface area (TPSA) is 54.7 Å². The number of fused-ring (bicyclic) bond motifs is 1. The highest BCUT2D eigenvalue weighted by Crippen LogP contribution is 2.24. The first-order valence-electron chi connectivity index (χ1n) is 6.21. The maximum absolute atomic E-state index is 9.11. The molecule has 4 heteroatoms. The molecule has 3 rings (SSSR count). The minimum absolute atomic E-state index is 0.650. The molecule has 98 valence electrons. The zero-order valence-electron chi connectivity index (χ0n) is 10.7. The second kappa shape index (κ2) is 4.92. The number of nitriles is 1. The van der Waals surface area contributed by atoms with Gasteiger partial charge in [0.2, 0.25) is 0 Å². The van der Waals surface area contributed by atoms with Crippen LogP contribution in [0, 0.1) is 11.3 Å². The summed E-state index contributed by atoms with van der Waals surface area (Å²) in [6.07, 6.45) is 1.97. The van der Waals surface area contributed by atoms with Crippen LogP contribution in [-0.2, 0) is 6.54 Å². The SMILES string of the molecule is N#Cc1cccc2c1ccn2Cc1ccc(N)cc1Cl. The standard InChI is InChI=1S/C16H12ClN3/c17-15-8-13(19)5-4-12(15)10-20-7-6-14-11(9-18)2-1-3-16(14)20/h1-8H,10,19H2. The third-order valence-corrected chi connectivity index (χ3v) is 3.70. The molecular formula is C16H12ClN3. The van der Waals surface area contributed by atoms with Crippen LogP contribution >= 0.6 is 11.6 Å². The zero-order chi connectivity index (χ0) is 14.1. The predicted octanol–water partition coefficient (Wildman–Crippen LogP) is 3.80. The van der Waals surface area contributed by atoms with Crippen LogP contribution in [0.2, 0.25) is 5.02 Å². The van der Waals surface area contributed by atoms with Crippen molar-refractivity contribution in [2.45, 2.75) is 6.54 Å². The van der Waals surface area contributed by atoms with Gasteiger partial charge in [-0.05, 0) is 35.9 Å². The van der Waals surface area contributed by atoms with Gasteiger partial charge in [-0.15, -0.1) is 0 Å². The Balaban J connectivity index is 2.06. The van der Waals surface area contributed by atoms with Crippen LogP contribution in [0.15, 0.2) is 48.7 Å². The monoisotopic (exact) mass is 281 g/mol. The fraction of sp³-hybridized carbons (Fsp3) is 0.0625. The Morgan fingerprint density at radius 1 is 1.20 bits per heavy atom. The van der Waals surface area contributed by atoms with E-state index >= 15 is 0 Å². The molecule has 0 bridgehead atoms. The van der Waals surface area contributed by atoms with Crippen molar-refractivity contribution in [1.82, 2.24) is 4.57 Å². The van der Waals surface area contributed by atoms with Gasteiger partial charge in [-0.3, -0.25) is 0 Å². The first-order chi connectivity index (χ1) is 9.69. The Kier molecular flexibility index (Phi) is 3.09. The molecule has 0 aliphatic carbocycles. The van der Waals surface area contributed by atoms with Crippen LogP contribution in [-0.4, -0.2) is 4.57 Å². The summed E-state index contributed by atoms with van der Waals surface area (Å²) in [5.41, 5.74) is 9.07. The molecule has 20 heavy (non-hydrogen) atoms. The van der Waals surface area contributed by atoms with E-state index in [1.54, 1.807) is 6.07 Å². The van der Waals surface area contributed by atoms with Crippen molar-refractivity contribution in [2.24, 2.45) is 0 Å². The summed E-state index contributed by atoms with van der Waals surface area (Å²) in [6.45, 7) is 0.650. The Hall–Kier alpha value is -2.44. The second-order valence-corrected chi connectivity index (χ2v) is 5.05. The second-order valence-electron chi connectivity index (χ2n) is 4.64. The summed E-state index contributed by atoms with van der Waals surface area (Å²) in [6, 6.07) is 15.4. The van der Waals surface area contributed by atoms with Gasteiger partial charge in [-0.25, -0.2) is 0 Å². The molecule has 0 saturated carbocycles. The molecule has 1 heterocycles. The van der Waals surface area contributed by atoms with E-state index < -0.39 is 0 Å². The fourth-order valence-electron chi connectivity index (χ4n) is 2.33. The summed E-state index contributed by atoms with van der Waals surface area (Å²) in [5, 5.41) is 10.7. The molecular weight excluding hydrogens is 270 g/mol. The van der Waals surface area contributed by atoms with Crippen LogP contribution in [0.5, 0.6) is 0 Å². The van der Waals surface area contributed by atoms with Crippen molar-refractivity contribution >= 4 is 28.2 Å². The quantitative estimate of drug-likeness (QED) is 0.727. The molecule has 0 radical (unpaired) electrons. The van der Waals surface area contributed by atoms with Gasteiger partial charge in [0, 0.05) is 34.4 Å². The van der Waals surface area contributed by atoms with E-state index in [4.69, 9.17) is 22.6 Å². The van der Waals surface area contributed by atoms with Crippen LogP contribution in [0.1, 0.15) is 11.1 Å². The van der Waals surface area contributed by atoms with Gasteiger partial charge in [-0.1, -0.05) is 23.7 Å². The number of hydrogen-bond donors (Lipinski definition) is 1. The van der Waals surface area contributed by atoms with Gasteiger partial charge in [0.25, 0.3) is 0 Å². The third-order valence-electron chi connectivity index (χ3n) is 3.35. The van der Waals surface area contributed by atoms with Crippen molar-refractivity contribution in [3.63, 3.8) is 0 Å². The van der Waals surface area contributed by atoms with E-state index in [2.05, 4.69) is 10.6 Å². The van der Waals surface area contributed by atoms with Crippen LogP contribution in [0.3, 0.4) is 0 Å². The maximum atomic E-state index is 9.11. The highest BCUT2D eigenvalue weighted by molar-refractivity contribution is 6.31. The molecule has 0 amide bonds. The molecule has 0 aliphatic heterocycles. The van der Waals surface area contributed by atoms with E-state index in [9.17, 15) is 0 Å². The highest BCUT2D eigenvalue weighted by atomic mass is 35.5. The lowest BCUT2D eigenvalue weighted by Crippen LogP contribution is -1.99. The molecule has 2 aromatic carbocycles. The van der Waals surface area contributed by atoms with Crippen LogP contribution in [0.25, 0.3) is 10.9 Å². The van der Waals surface area contributed by atoms with Crippen LogP contribution < -0.4 is 5.73 Å². The number of nitrogen functional groups attached to an aromatic ring is 1. The number of nitrogens with two attached hydrogens (primary N) is 1. The van der Waals surface area contributed by atoms with Crippen LogP contribution in [0.4, 0.5) is 5.69 Å². The van der Waals surface area contributed by atoms with Gasteiger partial charge < -0.3 is 10.3 Å². The van der Waals surface area contributed by atoms with E-state index in [0.29, 0.717) is 22.8 Å². The lowest BCUT2D eigenvalue weighted by Gasteiger charge is -2.08. The van der Waals surface area contributed by atoms with Crippen molar-refractivity contribution in [3.8, 4) is 6.07 Å². The van der Waals surface area contributed by atoms with Crippen molar-refractivity contribution < 1.29 is 0 Å². The summed E-state index contributed by atoms with van der Waals surface area (Å²) in [5.74, 6) is 0. The van der Waals surface area contributed by atoms with Gasteiger partial charge in [0.05, 0.1) is 11.6 Å². The molecule has 1 aromatic heterocycles. The Morgan fingerprint density at radius 2 is 2.05 bits per heavy atom. The summed E-state index contributed by atoms with van der Waals surface area (Å²) >= 11 is 6.21. The average molecular weight is 282 g/mol. The smallest absolute Gasteiger partial charge is 0.0998 e. The Bertz CT molecular complexity index is 827. The molecule has 0 fully saturated rings. The number of rotatable bonds is 2. The number of aromatic nitrogens is 1. The van der Waals surface area contributed by atoms with E-state index in [1.807, 2.05) is 42.6 Å². The first kappa shape index (κ1) is 12.6. The van der Waals surface area contributed by atoms with Gasteiger partial charge in [-0.2, -0.15) is 5.26 Å². The normalized spacial score (nSPS) is 10.6. The summed E-state index contributed by atoms with van der Waals surface area (Å²) in [7, 11) is 0. The zero-order valence-corrected chi connectivity index (χ0v) is 11.4. The van der Waals surface area contributed by atoms with Crippen molar-refractivity contribution in [1.29, 1.82) is 5.26 Å². The number of benzene rings is 2. The molecule has 0 spiro atoms. The fourth-order valence-corrected chi connectivity index (χ4v) is 2.58. The Labute approximate surface area is 121 Å². The molecule has 2 N–H and O–H groups in total. The largest absolute Gasteiger partial charge is 0.399 e.